The lowest BCUT2D eigenvalue weighted by molar-refractivity contribution is -0.786. The van der Waals surface area contributed by atoms with E-state index in [1.54, 1.807) is 6.92 Å². The summed E-state index contributed by atoms with van der Waals surface area (Å²) in [4.78, 5) is 0. The first-order valence-corrected chi connectivity index (χ1v) is 33.0. The molecule has 4 fully saturated rings. The molecule has 7 rings (SSSR count). The van der Waals surface area contributed by atoms with E-state index in [2.05, 4.69) is 25.8 Å². The van der Waals surface area contributed by atoms with Crippen molar-refractivity contribution >= 4 is 85.6 Å². The molecule has 0 aliphatic carbocycles. The summed E-state index contributed by atoms with van der Waals surface area (Å²) >= 11 is 12.5. The molecule has 4 saturated heterocycles. The molecule has 84 heavy (non-hydrogen) atoms. The van der Waals surface area contributed by atoms with Crippen LogP contribution in [-0.2, 0) is 165 Å². The molecule has 0 spiro atoms. The first-order valence-electron chi connectivity index (χ1n) is 23.9. The van der Waals surface area contributed by atoms with Gasteiger partial charge in [-0.25, -0.2) is 34.5 Å². The van der Waals surface area contributed by atoms with E-state index in [1.165, 1.54) is 34.9 Å². The van der Waals surface area contributed by atoms with Crippen molar-refractivity contribution in [2.75, 3.05) is 12.5 Å². The Morgan fingerprint density at radius 1 is 0.631 bits per heavy atom. The molecule has 41 nitrogen and oxygen atoms in total. The Hall–Kier alpha value is -3.10. The van der Waals surface area contributed by atoms with Crippen LogP contribution in [-0.4, -0.2) is 221 Å². The summed E-state index contributed by atoms with van der Waals surface area (Å²) in [5.41, 5.74) is -0.128. The largest absolute Gasteiger partial charge is 0.397 e. The molecule has 3 aromatic heterocycles. The van der Waals surface area contributed by atoms with E-state index in [-0.39, 0.29) is 24.5 Å². The van der Waals surface area contributed by atoms with E-state index in [9.17, 15) is 77.8 Å². The quantitative estimate of drug-likeness (QED) is 0.0215. The van der Waals surface area contributed by atoms with Gasteiger partial charge in [-0.3, -0.25) is 27.3 Å². The zero-order chi connectivity index (χ0) is 61.8. The highest BCUT2D eigenvalue weighted by Gasteiger charge is 2.54. The number of aromatic nitrogens is 9. The number of nitrogens with zero attached hydrogens (tertiary/aromatic N) is 9. The molecule has 49 heteroatoms. The predicted octanol–water partition coefficient (Wildman–Crippen LogP) is -3.38. The monoisotopic (exact) mass is 1370 g/mol. The van der Waals surface area contributed by atoms with Gasteiger partial charge in [0, 0.05) is 25.9 Å². The SMILES string of the molecule is CCOC[n+]1ccn(C[C@H]2O[C@H](OCc3cn(C[C@H]4O[C@H](OCc5cn(C[C@H]6OC(CCl)(O[C@H]7O[C@H](C)[C@H](Cl)CC7OS(=O)(=O)O)CC6OS(=O)(=O)O)nn5)C[C@@H](OS(=O)(=O)O)[C@@H]4OS(=O)(=O)O)nn3)C[C@@H](OS(=O)(=O)O)[C@@H]2OS(=O)(=O)O)n1. The third-order valence-corrected chi connectivity index (χ3v) is 15.9. The van der Waals surface area contributed by atoms with Gasteiger partial charge >= 0.3 is 62.4 Å². The Morgan fingerprint density at radius 2 is 1.08 bits per heavy atom. The van der Waals surface area contributed by atoms with Crippen molar-refractivity contribution in [1.29, 1.82) is 0 Å². The maximum absolute atomic E-state index is 12.1. The highest BCUT2D eigenvalue weighted by atomic mass is 35.5. The van der Waals surface area contributed by atoms with Crippen LogP contribution in [0.3, 0.4) is 0 Å². The Bertz CT molecular complexity index is 3400. The third-order valence-electron chi connectivity index (χ3n) is 12.0. The molecule has 0 amide bonds. The van der Waals surface area contributed by atoms with Crippen LogP contribution in [0, 0.1) is 0 Å². The minimum Gasteiger partial charge on any atom is -0.346 e. The number of halogens is 2. The van der Waals surface area contributed by atoms with E-state index >= 15 is 0 Å². The molecule has 0 radical (unpaired) electrons. The van der Waals surface area contributed by atoms with Gasteiger partial charge in [0.15, 0.2) is 37.1 Å². The van der Waals surface area contributed by atoms with Crippen molar-refractivity contribution in [2.45, 2.75) is 170 Å². The topological polar surface area (TPSA) is 539 Å². The first kappa shape index (κ1) is 68.4. The Kier molecular flexibility index (Phi) is 22.6. The maximum Gasteiger partial charge on any atom is 0.397 e. The van der Waals surface area contributed by atoms with Crippen LogP contribution in [0.5, 0.6) is 0 Å². The van der Waals surface area contributed by atoms with Crippen molar-refractivity contribution in [3.05, 3.63) is 36.2 Å². The van der Waals surface area contributed by atoms with Gasteiger partial charge in [-0.15, -0.1) is 42.8 Å². The summed E-state index contributed by atoms with van der Waals surface area (Å²) in [5, 5.41) is 19.0. The lowest BCUT2D eigenvalue weighted by atomic mass is 10.0. The molecule has 0 aromatic carbocycles. The van der Waals surface area contributed by atoms with Gasteiger partial charge in [0.1, 0.15) is 72.9 Å². The van der Waals surface area contributed by atoms with E-state index in [0.717, 1.165) is 15.6 Å². The van der Waals surface area contributed by atoms with Crippen molar-refractivity contribution in [1.82, 2.24) is 39.9 Å². The molecule has 3 aromatic rings. The van der Waals surface area contributed by atoms with Crippen molar-refractivity contribution in [3.63, 3.8) is 0 Å². The summed E-state index contributed by atoms with van der Waals surface area (Å²) in [5.74, 6) is -2.67. The van der Waals surface area contributed by atoms with Gasteiger partial charge < -0.3 is 37.9 Å². The third kappa shape index (κ3) is 21.3. The summed E-state index contributed by atoms with van der Waals surface area (Å²) in [7, 11) is -31.9. The highest BCUT2D eigenvalue weighted by molar-refractivity contribution is 7.82. The van der Waals surface area contributed by atoms with Crippen LogP contribution in [0.25, 0.3) is 0 Å². The van der Waals surface area contributed by atoms with Gasteiger partial charge in [0.2, 0.25) is 6.73 Å². The molecule has 15 atom stereocenters. The fraction of sp³-hybridized carbons (Fsp3) is 0.829. The zero-order valence-corrected chi connectivity index (χ0v) is 49.3. The molecule has 4 aliphatic heterocycles. The Labute approximate surface area is 487 Å². The second kappa shape index (κ2) is 27.7. The Morgan fingerprint density at radius 3 is 1.55 bits per heavy atom. The number of ether oxygens (including phenoxy) is 8. The van der Waals surface area contributed by atoms with Crippen molar-refractivity contribution in [3.8, 4) is 0 Å². The number of rotatable bonds is 30. The second-order valence-corrected chi connectivity index (χ2v) is 25.6. The van der Waals surface area contributed by atoms with Crippen LogP contribution >= 0.6 is 23.2 Å². The first-order chi connectivity index (χ1) is 38.9. The molecular formula is C35H54Cl2N9O32S6+. The highest BCUT2D eigenvalue weighted by Crippen LogP contribution is 2.40. The van der Waals surface area contributed by atoms with Crippen molar-refractivity contribution < 1.29 is 145 Å². The molecule has 480 valence electrons. The van der Waals surface area contributed by atoms with Crippen LogP contribution in [0.2, 0.25) is 0 Å². The second-order valence-electron chi connectivity index (χ2n) is 18.4. The average molecular weight is 1380 g/mol. The predicted molar refractivity (Wildman–Crippen MR) is 261 cm³/mol. The van der Waals surface area contributed by atoms with Crippen molar-refractivity contribution in [2.24, 2.45) is 0 Å². The lowest BCUT2D eigenvalue weighted by Crippen LogP contribution is -2.54. The fourth-order valence-electron chi connectivity index (χ4n) is 8.83. The molecular weight excluding hydrogens is 1320 g/mol. The van der Waals surface area contributed by atoms with Gasteiger partial charge in [-0.05, 0) is 20.3 Å². The molecule has 7 heterocycles. The number of hydrogen-bond acceptors (Lipinski definition) is 31. The molecule has 4 aliphatic rings. The van der Waals surface area contributed by atoms with Gasteiger partial charge in [0.05, 0.1) is 61.3 Å². The van der Waals surface area contributed by atoms with Crippen LogP contribution < -0.4 is 4.68 Å². The smallest absolute Gasteiger partial charge is 0.346 e. The van der Waals surface area contributed by atoms with E-state index < -0.39 is 211 Å². The van der Waals surface area contributed by atoms with Gasteiger partial charge in [-0.1, -0.05) is 10.4 Å². The van der Waals surface area contributed by atoms with Crippen LogP contribution in [0.15, 0.2) is 24.8 Å². The van der Waals surface area contributed by atoms with Gasteiger partial charge in [0.25, 0.3) is 0 Å². The van der Waals surface area contributed by atoms with Crippen LogP contribution in [0.1, 0.15) is 50.9 Å². The molecule has 6 N–H and O–H groups in total. The fourth-order valence-corrected chi connectivity index (χ4v) is 12.3. The summed E-state index contributed by atoms with van der Waals surface area (Å²) in [6, 6.07) is 0. The minimum atomic E-state index is -5.47. The maximum atomic E-state index is 12.1. The van der Waals surface area contributed by atoms with Gasteiger partial charge in [-0.2, -0.15) is 50.5 Å². The zero-order valence-electron chi connectivity index (χ0n) is 42.9. The summed E-state index contributed by atoms with van der Waals surface area (Å²) in [6.45, 7) is 0.857. The number of alkyl halides is 2. The molecule has 0 saturated carbocycles. The van der Waals surface area contributed by atoms with E-state index in [4.69, 9.17) is 86.2 Å². The van der Waals surface area contributed by atoms with E-state index in [0.29, 0.717) is 6.61 Å². The average Bonchev–Trinajstić information content (AvgIpc) is 4.19. The molecule has 0 bridgehead atoms. The normalized spacial score (nSPS) is 31.4. The van der Waals surface area contributed by atoms with E-state index in [1.807, 2.05) is 0 Å². The number of hydrogen-bond donors (Lipinski definition) is 6. The molecule has 3 unspecified atom stereocenters. The summed E-state index contributed by atoms with van der Waals surface area (Å²) in [6.07, 6.45) is -18.6. The van der Waals surface area contributed by atoms with Crippen LogP contribution in [0.4, 0.5) is 0 Å². The standard InChI is InChI=1S/C35H53Cl2N9O32S6/c1-3-65-18-44-5-4-43(42-44)13-28-32(77-83(59,60)61)23(73-79(47,48)49)7-30(69-28)66-16-21-11-46(41-39-21)14-29-33(78-84(62,63)64)24(74-80(50,51)52)8-31(70-29)67-15-20-10-45(40-38-20)12-27-26(76-82(56,57)58)9-35(17-36,71-27)72-34-25(75-81(53,54)55)6-22(37)19(2)68-34/h4-5,10-11,19,22-34H,3,6-9,12-18H2,1-2H3,(H5-,47,48,49,50,51,52,53,54,55,56,57,58,59,60,61,62,63,64)/p+1/t19-,22-,23-,24-,25?,26?,27-,28-,29-,30+,31+,32+,33+,34-,35?/m1/s1. The minimum absolute atomic E-state index is 0.00994. The Balaban J connectivity index is 1.04. The lowest BCUT2D eigenvalue weighted by Gasteiger charge is -2.40. The summed E-state index contributed by atoms with van der Waals surface area (Å²) < 4.78 is 280.